The summed E-state index contributed by atoms with van der Waals surface area (Å²) in [6.07, 6.45) is 3.87. The minimum atomic E-state index is -0.854. The van der Waals surface area contributed by atoms with Gasteiger partial charge in [-0.05, 0) is 43.7 Å². The molecule has 10 heteroatoms. The van der Waals surface area contributed by atoms with Crippen LogP contribution in [0.3, 0.4) is 0 Å². The van der Waals surface area contributed by atoms with Gasteiger partial charge in [-0.15, -0.1) is 0 Å². The van der Waals surface area contributed by atoms with Crippen molar-refractivity contribution >= 4 is 22.8 Å². The zero-order valence-corrected chi connectivity index (χ0v) is 23.5. The highest BCUT2D eigenvalue weighted by atomic mass is 16.6. The number of aryl methyl sites for hydroxylation is 2. The fourth-order valence-corrected chi connectivity index (χ4v) is 4.77. The van der Waals surface area contributed by atoms with Crippen LogP contribution in [0.4, 0.5) is 0 Å². The van der Waals surface area contributed by atoms with E-state index in [2.05, 4.69) is 11.1 Å². The number of hydrogen-bond acceptors (Lipinski definition) is 9. The molecule has 10 nitrogen and oxygen atoms in total. The number of carbonyl (C=O) groups excluding carboxylic acids is 2. The first-order valence-corrected chi connectivity index (χ1v) is 13.5. The third-order valence-corrected chi connectivity index (χ3v) is 6.87. The molecule has 41 heavy (non-hydrogen) atoms. The van der Waals surface area contributed by atoms with Gasteiger partial charge in [0.1, 0.15) is 11.7 Å². The van der Waals surface area contributed by atoms with Crippen molar-refractivity contribution in [1.82, 2.24) is 9.55 Å². The fourth-order valence-electron chi connectivity index (χ4n) is 4.77. The Labute approximate surface area is 237 Å². The molecule has 0 aliphatic heterocycles. The molecule has 0 radical (unpaired) electrons. The molecule has 0 fully saturated rings. The lowest BCUT2D eigenvalue weighted by Gasteiger charge is -2.12. The van der Waals surface area contributed by atoms with Gasteiger partial charge < -0.3 is 22.9 Å². The normalized spacial score (nSPS) is 11.9. The van der Waals surface area contributed by atoms with Crippen molar-refractivity contribution in [2.45, 2.75) is 59.2 Å². The van der Waals surface area contributed by atoms with E-state index in [1.165, 1.54) is 6.20 Å². The second-order valence-electron chi connectivity index (χ2n) is 10.1. The lowest BCUT2D eigenvalue weighted by molar-refractivity contribution is -0.146. The maximum atomic E-state index is 13.6. The molecule has 0 aliphatic carbocycles. The van der Waals surface area contributed by atoms with Crippen LogP contribution in [-0.4, -0.2) is 27.9 Å². The molecule has 0 bridgehead atoms. The number of esters is 1. The number of hydrogen-bond donors (Lipinski definition) is 0. The molecule has 0 amide bonds. The molecule has 4 rings (SSSR count). The second kappa shape index (κ2) is 13.7. The highest BCUT2D eigenvalue weighted by molar-refractivity contribution is 6.09. The van der Waals surface area contributed by atoms with Crippen molar-refractivity contribution in [1.29, 1.82) is 5.26 Å². The van der Waals surface area contributed by atoms with Gasteiger partial charge in [0.2, 0.25) is 0 Å². The number of ketones is 1. The predicted octanol–water partition coefficient (Wildman–Crippen LogP) is 5.18. The van der Waals surface area contributed by atoms with Gasteiger partial charge >= 0.3 is 11.8 Å². The summed E-state index contributed by atoms with van der Waals surface area (Å²) in [7, 11) is 1.87. The fraction of sp³-hybridized carbons (Fsp3) is 0.387. The van der Waals surface area contributed by atoms with Crippen LogP contribution in [0.2, 0.25) is 0 Å². The second-order valence-corrected chi connectivity index (χ2v) is 10.1. The standard InChI is InChI=1S/C31H33N3O7/c1-20(14-28(36)39-19-27-21(2)40-31(37)41-27)13-26(35)29-24-15-23(16-32)17-33-30(24)34(3)25(29)11-7-8-12-38-18-22-9-5-4-6-10-22/h4-6,9-10,15,17,20H,7-8,11-14,18-19H2,1-3H3/t20-/m0/s1. The smallest absolute Gasteiger partial charge is 0.457 e. The Hall–Kier alpha value is -4.49. The highest BCUT2D eigenvalue weighted by Crippen LogP contribution is 2.29. The van der Waals surface area contributed by atoms with Crippen LogP contribution in [0.15, 0.2) is 56.2 Å². The van der Waals surface area contributed by atoms with E-state index in [1.54, 1.807) is 19.9 Å². The first-order chi connectivity index (χ1) is 19.8. The summed E-state index contributed by atoms with van der Waals surface area (Å²) in [5.74, 6) is -1.40. The summed E-state index contributed by atoms with van der Waals surface area (Å²) < 4.78 is 22.6. The van der Waals surface area contributed by atoms with E-state index in [1.807, 2.05) is 41.9 Å². The monoisotopic (exact) mass is 559 g/mol. The zero-order chi connectivity index (χ0) is 29.4. The molecular weight excluding hydrogens is 526 g/mol. The Balaban J connectivity index is 1.40. The molecule has 0 saturated carbocycles. The topological polar surface area (TPSA) is 138 Å². The lowest BCUT2D eigenvalue weighted by Crippen LogP contribution is -2.14. The Bertz CT molecular complexity index is 1610. The zero-order valence-electron chi connectivity index (χ0n) is 23.5. The van der Waals surface area contributed by atoms with E-state index in [0.717, 1.165) is 24.1 Å². The SMILES string of the molecule is Cc1oc(=O)oc1COC(=O)C[C@@H](C)CC(=O)c1c(CCCCOCc2ccccc2)n(C)c2ncc(C#N)cc12. The lowest BCUT2D eigenvalue weighted by atomic mass is 9.94. The number of rotatable bonds is 14. The third-order valence-electron chi connectivity index (χ3n) is 6.87. The van der Waals surface area contributed by atoms with Gasteiger partial charge in [-0.25, -0.2) is 9.78 Å². The number of benzene rings is 1. The summed E-state index contributed by atoms with van der Waals surface area (Å²) in [6, 6.07) is 13.8. The highest BCUT2D eigenvalue weighted by Gasteiger charge is 2.24. The van der Waals surface area contributed by atoms with Crippen molar-refractivity contribution in [2.24, 2.45) is 13.0 Å². The number of ether oxygens (including phenoxy) is 2. The largest absolute Gasteiger partial charge is 0.519 e. The van der Waals surface area contributed by atoms with E-state index >= 15 is 0 Å². The Kier molecular flexibility index (Phi) is 9.87. The average Bonchev–Trinajstić information content (AvgIpc) is 3.43. The molecule has 1 atom stereocenters. The van der Waals surface area contributed by atoms with E-state index in [9.17, 15) is 19.6 Å². The number of aromatic nitrogens is 2. The molecule has 0 aliphatic rings. The van der Waals surface area contributed by atoms with Gasteiger partial charge in [-0.2, -0.15) is 5.26 Å². The van der Waals surface area contributed by atoms with Crippen LogP contribution < -0.4 is 5.82 Å². The van der Waals surface area contributed by atoms with Gasteiger partial charge in [0.25, 0.3) is 0 Å². The molecule has 0 spiro atoms. The van der Waals surface area contributed by atoms with Crippen molar-refractivity contribution in [3.8, 4) is 6.07 Å². The van der Waals surface area contributed by atoms with E-state index in [4.69, 9.17) is 18.3 Å². The molecular formula is C31H33N3O7. The van der Waals surface area contributed by atoms with Crippen LogP contribution >= 0.6 is 0 Å². The van der Waals surface area contributed by atoms with Crippen LogP contribution in [0.1, 0.15) is 71.3 Å². The van der Waals surface area contributed by atoms with Crippen molar-refractivity contribution in [3.05, 3.63) is 87.1 Å². The molecule has 214 valence electrons. The Morgan fingerprint density at radius 3 is 2.61 bits per heavy atom. The Morgan fingerprint density at radius 1 is 1.12 bits per heavy atom. The molecule has 3 heterocycles. The quantitative estimate of drug-likeness (QED) is 0.116. The van der Waals surface area contributed by atoms with Crippen molar-refractivity contribution in [3.63, 3.8) is 0 Å². The summed E-state index contributed by atoms with van der Waals surface area (Å²) in [6.45, 7) is 4.27. The van der Waals surface area contributed by atoms with Gasteiger partial charge in [-0.1, -0.05) is 37.3 Å². The number of nitriles is 1. The Morgan fingerprint density at radius 2 is 1.90 bits per heavy atom. The number of carbonyl (C=O) groups is 2. The number of unbranched alkanes of at least 4 members (excludes halogenated alkanes) is 1. The molecule has 0 unspecified atom stereocenters. The van der Waals surface area contributed by atoms with Gasteiger partial charge in [0.05, 0.1) is 12.2 Å². The summed E-state index contributed by atoms with van der Waals surface area (Å²) >= 11 is 0. The minimum Gasteiger partial charge on any atom is -0.457 e. The van der Waals surface area contributed by atoms with Gasteiger partial charge in [0, 0.05) is 49.3 Å². The summed E-state index contributed by atoms with van der Waals surface area (Å²) in [5, 5.41) is 10.1. The van der Waals surface area contributed by atoms with Gasteiger partial charge in [0.15, 0.2) is 23.9 Å². The molecule has 3 aromatic heterocycles. The first-order valence-electron chi connectivity index (χ1n) is 13.5. The average molecular weight is 560 g/mol. The molecule has 4 aromatic rings. The van der Waals surface area contributed by atoms with Crippen LogP contribution in [-0.2, 0) is 41.0 Å². The van der Waals surface area contributed by atoms with Gasteiger partial charge in [-0.3, -0.25) is 9.59 Å². The molecule has 0 N–H and O–H groups in total. The van der Waals surface area contributed by atoms with Crippen LogP contribution in [0.5, 0.6) is 0 Å². The van der Waals surface area contributed by atoms with Crippen LogP contribution in [0.25, 0.3) is 11.0 Å². The van der Waals surface area contributed by atoms with Crippen LogP contribution in [0, 0.1) is 24.2 Å². The number of Topliss-reactive ketones (excluding diaryl/α,β-unsaturated/α-hetero) is 1. The third kappa shape index (κ3) is 7.58. The number of nitrogens with zero attached hydrogens (tertiary/aromatic N) is 3. The van der Waals surface area contributed by atoms with Crippen molar-refractivity contribution in [2.75, 3.05) is 6.61 Å². The number of fused-ring (bicyclic) bond motifs is 1. The van der Waals surface area contributed by atoms with E-state index in [0.29, 0.717) is 41.8 Å². The molecule has 0 saturated heterocycles. The maximum absolute atomic E-state index is 13.6. The summed E-state index contributed by atoms with van der Waals surface area (Å²) in [5.41, 5.74) is 3.50. The number of pyridine rings is 1. The maximum Gasteiger partial charge on any atom is 0.519 e. The first kappa shape index (κ1) is 29.5. The van der Waals surface area contributed by atoms with Crippen molar-refractivity contribution < 1.29 is 27.9 Å². The minimum absolute atomic E-state index is 0.00736. The molecule has 1 aromatic carbocycles. The van der Waals surface area contributed by atoms with E-state index < -0.39 is 11.8 Å². The predicted molar refractivity (Wildman–Crippen MR) is 149 cm³/mol. The van der Waals surface area contributed by atoms with E-state index in [-0.39, 0.29) is 42.7 Å². The summed E-state index contributed by atoms with van der Waals surface area (Å²) in [4.78, 5) is 41.7.